The van der Waals surface area contributed by atoms with Crippen LogP contribution in [0.25, 0.3) is 0 Å². The van der Waals surface area contributed by atoms with E-state index in [4.69, 9.17) is 17.2 Å². The number of nitrogens with zero attached hydrogens (tertiary/aromatic N) is 1. The molecule has 0 bridgehead atoms. The number of nitrogens with one attached hydrogen (secondary N) is 8. The van der Waals surface area contributed by atoms with Gasteiger partial charge in [-0.1, -0.05) is 49.3 Å². The first kappa shape index (κ1) is 57.6. The van der Waals surface area contributed by atoms with Crippen LogP contribution in [-0.2, 0) is 47.9 Å². The van der Waals surface area contributed by atoms with Crippen molar-refractivity contribution in [1.29, 1.82) is 0 Å². The van der Waals surface area contributed by atoms with E-state index in [-0.39, 0.29) is 61.5 Å². The number of aliphatic hydroxyl groups is 2. The summed E-state index contributed by atoms with van der Waals surface area (Å²) in [4.78, 5) is 135. The molecule has 26 nitrogen and oxygen atoms in total. The van der Waals surface area contributed by atoms with Gasteiger partial charge in [-0.2, -0.15) is 0 Å². The van der Waals surface area contributed by atoms with Gasteiger partial charge in [0.2, 0.25) is 47.3 Å². The summed E-state index contributed by atoms with van der Waals surface area (Å²) in [5, 5.41) is 58.2. The van der Waals surface area contributed by atoms with E-state index in [0.717, 1.165) is 21.6 Å². The molecular weight excluding hydrogens is 901 g/mol. The number of carboxylic acid groups (broad SMARTS) is 2. The molecule has 8 amide bonds. The molecule has 0 aromatic carbocycles. The molecule has 1 aliphatic rings. The second kappa shape index (κ2) is 29.2. The van der Waals surface area contributed by atoms with E-state index in [1.807, 2.05) is 0 Å². The zero-order chi connectivity index (χ0) is 49.6. The average molecular weight is 965 g/mol. The maximum Gasteiger partial charge on any atom is 0.327 e. The highest BCUT2D eigenvalue weighted by Crippen LogP contribution is 2.23. The van der Waals surface area contributed by atoms with E-state index in [0.29, 0.717) is 0 Å². The highest BCUT2D eigenvalue weighted by molar-refractivity contribution is 8.76. The summed E-state index contributed by atoms with van der Waals surface area (Å²) in [6.07, 6.45) is -1.17. The smallest absolute Gasteiger partial charge is 0.327 e. The van der Waals surface area contributed by atoms with Gasteiger partial charge < -0.3 is 80.2 Å². The van der Waals surface area contributed by atoms with Gasteiger partial charge >= 0.3 is 11.9 Å². The molecule has 0 radical (unpaired) electrons. The Balaban J connectivity index is 3.72. The Morgan fingerprint density at radius 1 is 0.615 bits per heavy atom. The second-order valence-corrected chi connectivity index (χ2v) is 18.4. The summed E-state index contributed by atoms with van der Waals surface area (Å²) in [7, 11) is 1.89. The van der Waals surface area contributed by atoms with Gasteiger partial charge in [0.1, 0.15) is 48.3 Å². The van der Waals surface area contributed by atoms with Crippen molar-refractivity contribution in [1.82, 2.24) is 42.5 Å². The lowest BCUT2D eigenvalue weighted by molar-refractivity contribution is -0.143. The van der Waals surface area contributed by atoms with Crippen molar-refractivity contribution in [3.05, 3.63) is 0 Å². The zero-order valence-corrected chi connectivity index (χ0v) is 38.4. The summed E-state index contributed by atoms with van der Waals surface area (Å²) in [6, 6.07) is -13.8. The fraction of sp³-hybridized carbons (Fsp3) is 0.703. The van der Waals surface area contributed by atoms with Crippen LogP contribution in [0.4, 0.5) is 0 Å². The number of aliphatic hydroxyl groups excluding tert-OH is 2. The van der Waals surface area contributed by atoms with Gasteiger partial charge in [-0.25, -0.2) is 4.79 Å². The Bertz CT molecular complexity index is 1720. The molecule has 0 aliphatic carbocycles. The van der Waals surface area contributed by atoms with E-state index in [1.54, 1.807) is 27.7 Å². The average Bonchev–Trinajstić information content (AvgIpc) is 3.21. The van der Waals surface area contributed by atoms with Crippen molar-refractivity contribution < 1.29 is 68.4 Å². The Hall–Kier alpha value is -5.45. The monoisotopic (exact) mass is 964 g/mol. The minimum Gasteiger partial charge on any atom is -0.481 e. The highest BCUT2D eigenvalue weighted by atomic mass is 33.1. The number of carboxylic acids is 2. The molecule has 28 heteroatoms. The van der Waals surface area contributed by atoms with Gasteiger partial charge in [0.15, 0.2) is 5.96 Å². The van der Waals surface area contributed by atoms with Gasteiger partial charge in [0.05, 0.1) is 25.7 Å². The number of hydrogen-bond acceptors (Lipinski definition) is 16. The van der Waals surface area contributed by atoms with Crippen molar-refractivity contribution in [3.8, 4) is 0 Å². The predicted molar refractivity (Wildman–Crippen MR) is 237 cm³/mol. The van der Waals surface area contributed by atoms with Gasteiger partial charge in [-0.15, -0.1) is 0 Å². The van der Waals surface area contributed by atoms with Crippen molar-refractivity contribution in [3.63, 3.8) is 0 Å². The molecule has 0 unspecified atom stereocenters. The van der Waals surface area contributed by atoms with Gasteiger partial charge in [0.25, 0.3) is 0 Å². The molecule has 1 rings (SSSR count). The molecule has 18 N–H and O–H groups in total. The molecule has 65 heavy (non-hydrogen) atoms. The SMILES string of the molecule is CC(C)C[C@@H]1NC(=O)[C@H](CCCN=C(N)N)NC(=O)[C@H](CO)NC(=O)[C@H](CO)NC(=O)[C@H](CC(C)C)NC(=O)[C@@H](N)CSSC[C@@H](C(=O)O)NC(=O)[C@H](C)NC(=O)[C@H](CC(=O)O)NC1=O. The second-order valence-electron chi connectivity index (χ2n) is 15.8. The number of rotatable bonds is 13. The van der Waals surface area contributed by atoms with Crippen molar-refractivity contribution in [2.75, 3.05) is 31.3 Å². The van der Waals surface area contributed by atoms with Gasteiger partial charge in [-0.3, -0.25) is 48.1 Å². The molecule has 0 aromatic rings. The fourth-order valence-electron chi connectivity index (χ4n) is 5.75. The molecule has 0 saturated carbocycles. The first-order valence-electron chi connectivity index (χ1n) is 20.5. The number of hydrogen-bond donors (Lipinski definition) is 15. The number of amides is 8. The topological polar surface area (TPSA) is 438 Å². The standard InChI is InChI=1S/C37H64N12O14S2/c1-16(2)9-21-33(59)47-25(13-51)35(61)48-24(12-50)34(60)43-20(7-6-8-41-37(39)40)30(56)45-22(10-17(3)4)32(58)46-23(11-27(52)53)31(57)42-18(5)28(54)49-26(36(62)63)15-65-64-14-19(38)29(55)44-21/h16-26,50-51H,6-15,38H2,1-5H3,(H,42,57)(H,43,60)(H,44,55)(H,45,56)(H,46,58)(H,47,59)(H,48,61)(H,49,54)(H,52,53)(H,62,63)(H4,39,40,41)/t18-,19-,20-,21-,22-,23-,24-,25-,26-/m0/s1. The summed E-state index contributed by atoms with van der Waals surface area (Å²) < 4.78 is 0. The largest absolute Gasteiger partial charge is 0.481 e. The lowest BCUT2D eigenvalue weighted by atomic mass is 10.0. The number of aliphatic imine (C=N–C) groups is 1. The molecule has 9 atom stereocenters. The molecule has 1 saturated heterocycles. The third-order valence-electron chi connectivity index (χ3n) is 9.17. The fourth-order valence-corrected chi connectivity index (χ4v) is 8.03. The Morgan fingerprint density at radius 3 is 1.49 bits per heavy atom. The van der Waals surface area contributed by atoms with Crippen LogP contribution < -0.4 is 59.7 Å². The third-order valence-corrected chi connectivity index (χ3v) is 11.6. The molecular formula is C37H64N12O14S2. The first-order valence-corrected chi connectivity index (χ1v) is 23.0. The van der Waals surface area contributed by atoms with E-state index < -0.39 is 133 Å². The maximum absolute atomic E-state index is 13.9. The zero-order valence-electron chi connectivity index (χ0n) is 36.8. The molecule has 0 spiro atoms. The normalized spacial score (nSPS) is 26.9. The molecule has 1 heterocycles. The lowest BCUT2D eigenvalue weighted by Crippen LogP contribution is -2.61. The van der Waals surface area contributed by atoms with Crippen LogP contribution in [0.15, 0.2) is 4.99 Å². The minimum atomic E-state index is -1.82. The minimum absolute atomic E-state index is 0.0303. The van der Waals surface area contributed by atoms with E-state index >= 15 is 0 Å². The van der Waals surface area contributed by atoms with Crippen LogP contribution in [-0.4, -0.2) is 171 Å². The highest BCUT2D eigenvalue weighted by Gasteiger charge is 2.35. The summed E-state index contributed by atoms with van der Waals surface area (Å²) in [5.74, 6) is -12.3. The van der Waals surface area contributed by atoms with Crippen LogP contribution >= 0.6 is 21.6 Å². The predicted octanol–water partition coefficient (Wildman–Crippen LogP) is -5.70. The van der Waals surface area contributed by atoms with E-state index in [2.05, 4.69) is 47.5 Å². The Morgan fingerprint density at radius 2 is 1.03 bits per heavy atom. The molecule has 1 fully saturated rings. The van der Waals surface area contributed by atoms with Crippen LogP contribution in [0.2, 0.25) is 0 Å². The lowest BCUT2D eigenvalue weighted by Gasteiger charge is -2.27. The van der Waals surface area contributed by atoms with Crippen LogP contribution in [0.3, 0.4) is 0 Å². The Kier molecular flexibility index (Phi) is 25.8. The number of nitrogens with two attached hydrogens (primary N) is 3. The van der Waals surface area contributed by atoms with E-state index in [1.165, 1.54) is 6.92 Å². The van der Waals surface area contributed by atoms with Gasteiger partial charge in [0, 0.05) is 18.1 Å². The van der Waals surface area contributed by atoms with Crippen molar-refractivity contribution >= 4 is 86.7 Å². The number of carbonyl (C=O) groups excluding carboxylic acids is 8. The summed E-state index contributed by atoms with van der Waals surface area (Å²) in [6.45, 7) is 5.94. The Labute approximate surface area is 383 Å². The summed E-state index contributed by atoms with van der Waals surface area (Å²) in [5.41, 5.74) is 16.9. The van der Waals surface area contributed by atoms with Crippen LogP contribution in [0, 0.1) is 11.8 Å². The van der Waals surface area contributed by atoms with Crippen molar-refractivity contribution in [2.45, 2.75) is 121 Å². The van der Waals surface area contributed by atoms with Crippen LogP contribution in [0.1, 0.15) is 66.7 Å². The molecule has 0 aromatic heterocycles. The quantitative estimate of drug-likeness (QED) is 0.0354. The van der Waals surface area contributed by atoms with E-state index in [9.17, 15) is 68.4 Å². The number of carbonyl (C=O) groups is 10. The number of aliphatic carboxylic acids is 2. The van der Waals surface area contributed by atoms with Gasteiger partial charge in [-0.05, 0) is 44.4 Å². The number of guanidine groups is 1. The maximum atomic E-state index is 13.9. The summed E-state index contributed by atoms with van der Waals surface area (Å²) >= 11 is 0. The van der Waals surface area contributed by atoms with Crippen LogP contribution in [0.5, 0.6) is 0 Å². The van der Waals surface area contributed by atoms with Crippen molar-refractivity contribution in [2.24, 2.45) is 34.0 Å². The molecule has 1 aliphatic heterocycles. The first-order chi connectivity index (χ1) is 30.4. The molecule has 368 valence electrons. The third kappa shape index (κ3) is 21.9.